The maximum Gasteiger partial charge on any atom is 0.127 e. The van der Waals surface area contributed by atoms with Crippen molar-refractivity contribution in [2.75, 3.05) is 7.11 Å². The van der Waals surface area contributed by atoms with E-state index in [2.05, 4.69) is 0 Å². The van der Waals surface area contributed by atoms with Crippen LogP contribution in [-0.4, -0.2) is 18.8 Å². The van der Waals surface area contributed by atoms with E-state index in [-0.39, 0.29) is 11.9 Å². The number of halogens is 2. The molecule has 1 aromatic rings. The summed E-state index contributed by atoms with van der Waals surface area (Å²) in [5.74, 6) is -0.317. The fourth-order valence-corrected chi connectivity index (χ4v) is 1.86. The molecule has 0 heterocycles. The summed E-state index contributed by atoms with van der Waals surface area (Å²) in [6.45, 7) is 3.94. The molecule has 0 aliphatic carbocycles. The molecule has 0 aliphatic rings. The minimum Gasteiger partial charge on any atom is -0.377 e. The Labute approximate surface area is 107 Å². The molecule has 17 heavy (non-hydrogen) atoms. The van der Waals surface area contributed by atoms with Crippen molar-refractivity contribution in [3.05, 3.63) is 34.6 Å². The van der Waals surface area contributed by atoms with Gasteiger partial charge in [0.15, 0.2) is 0 Å². The highest BCUT2D eigenvalue weighted by molar-refractivity contribution is 6.30. The maximum atomic E-state index is 13.6. The molecular formula is C13H19ClFNO. The molecule has 2 N–H and O–H groups in total. The van der Waals surface area contributed by atoms with Crippen LogP contribution >= 0.6 is 11.6 Å². The summed E-state index contributed by atoms with van der Waals surface area (Å²) in [7, 11) is 1.63. The van der Waals surface area contributed by atoms with E-state index in [0.29, 0.717) is 17.0 Å². The third-order valence-electron chi connectivity index (χ3n) is 3.41. The van der Waals surface area contributed by atoms with Crippen molar-refractivity contribution in [1.29, 1.82) is 0 Å². The molecule has 4 heteroatoms. The van der Waals surface area contributed by atoms with Gasteiger partial charge in [-0.15, -0.1) is 0 Å². The number of benzene rings is 1. The van der Waals surface area contributed by atoms with E-state index in [4.69, 9.17) is 22.1 Å². The van der Waals surface area contributed by atoms with Crippen molar-refractivity contribution >= 4 is 11.6 Å². The van der Waals surface area contributed by atoms with Gasteiger partial charge < -0.3 is 10.5 Å². The fraction of sp³-hybridized carbons (Fsp3) is 0.538. The highest BCUT2D eigenvalue weighted by Gasteiger charge is 2.30. The van der Waals surface area contributed by atoms with Crippen molar-refractivity contribution in [3.63, 3.8) is 0 Å². The van der Waals surface area contributed by atoms with Crippen LogP contribution in [-0.2, 0) is 11.2 Å². The molecule has 0 spiro atoms. The second-order valence-electron chi connectivity index (χ2n) is 4.42. The van der Waals surface area contributed by atoms with Crippen molar-refractivity contribution < 1.29 is 9.13 Å². The standard InChI is InChI=1S/C13H19ClFNO/c1-4-13(2,17-3)12(16)7-9-5-6-10(14)8-11(9)15/h5-6,8,12H,4,7,16H2,1-3H3. The molecule has 2 atom stereocenters. The smallest absolute Gasteiger partial charge is 0.127 e. The molecule has 0 amide bonds. The van der Waals surface area contributed by atoms with Gasteiger partial charge in [0.1, 0.15) is 5.82 Å². The van der Waals surface area contributed by atoms with Crippen LogP contribution in [0.25, 0.3) is 0 Å². The highest BCUT2D eigenvalue weighted by Crippen LogP contribution is 2.23. The molecule has 0 saturated heterocycles. The molecule has 0 bridgehead atoms. The van der Waals surface area contributed by atoms with E-state index >= 15 is 0 Å². The third kappa shape index (κ3) is 3.41. The topological polar surface area (TPSA) is 35.2 Å². The lowest BCUT2D eigenvalue weighted by Crippen LogP contribution is -2.48. The van der Waals surface area contributed by atoms with E-state index in [1.54, 1.807) is 19.2 Å². The van der Waals surface area contributed by atoms with E-state index < -0.39 is 5.60 Å². The molecule has 2 nitrogen and oxygen atoms in total. The summed E-state index contributed by atoms with van der Waals surface area (Å²) in [5, 5.41) is 0.393. The van der Waals surface area contributed by atoms with Gasteiger partial charge in [-0.05, 0) is 37.5 Å². The molecule has 0 radical (unpaired) electrons. The minimum absolute atomic E-state index is 0.256. The number of ether oxygens (including phenoxy) is 1. The monoisotopic (exact) mass is 259 g/mol. The summed E-state index contributed by atoms with van der Waals surface area (Å²) in [6, 6.07) is 4.39. The highest BCUT2D eigenvalue weighted by atomic mass is 35.5. The molecule has 0 fully saturated rings. The molecule has 1 rings (SSSR count). The molecular weight excluding hydrogens is 241 g/mol. The second kappa shape index (κ2) is 5.80. The molecule has 1 aromatic carbocycles. The van der Waals surface area contributed by atoms with E-state index in [1.807, 2.05) is 13.8 Å². The van der Waals surface area contributed by atoms with Crippen LogP contribution in [0.5, 0.6) is 0 Å². The van der Waals surface area contributed by atoms with Crippen molar-refractivity contribution in [2.24, 2.45) is 5.73 Å². The van der Waals surface area contributed by atoms with E-state index in [0.717, 1.165) is 6.42 Å². The van der Waals surface area contributed by atoms with E-state index in [9.17, 15) is 4.39 Å². The summed E-state index contributed by atoms with van der Waals surface area (Å²) < 4.78 is 19.0. The average Bonchev–Trinajstić information content (AvgIpc) is 2.31. The zero-order valence-electron chi connectivity index (χ0n) is 10.5. The number of rotatable bonds is 5. The van der Waals surface area contributed by atoms with Crippen molar-refractivity contribution in [2.45, 2.75) is 38.3 Å². The number of methoxy groups -OCH3 is 1. The summed E-state index contributed by atoms with van der Waals surface area (Å²) >= 11 is 5.70. The lowest BCUT2D eigenvalue weighted by molar-refractivity contribution is -0.0186. The van der Waals surface area contributed by atoms with Gasteiger partial charge in [-0.3, -0.25) is 0 Å². The second-order valence-corrected chi connectivity index (χ2v) is 4.85. The normalized spacial score (nSPS) is 16.6. The van der Waals surface area contributed by atoms with Gasteiger partial charge in [-0.2, -0.15) is 0 Å². The summed E-state index contributed by atoms with van der Waals surface area (Å²) in [4.78, 5) is 0. The number of hydrogen-bond donors (Lipinski definition) is 1. The van der Waals surface area contributed by atoms with Crippen LogP contribution in [0.2, 0.25) is 5.02 Å². The van der Waals surface area contributed by atoms with Crippen molar-refractivity contribution in [1.82, 2.24) is 0 Å². The molecule has 0 aromatic heterocycles. The van der Waals surface area contributed by atoms with Gasteiger partial charge in [0, 0.05) is 18.2 Å². The van der Waals surface area contributed by atoms with Crippen LogP contribution < -0.4 is 5.73 Å². The Morgan fingerprint density at radius 3 is 2.65 bits per heavy atom. The van der Waals surface area contributed by atoms with Crippen LogP contribution in [0, 0.1) is 5.82 Å². The predicted molar refractivity (Wildman–Crippen MR) is 68.8 cm³/mol. The fourth-order valence-electron chi connectivity index (χ4n) is 1.70. The van der Waals surface area contributed by atoms with E-state index in [1.165, 1.54) is 6.07 Å². The van der Waals surface area contributed by atoms with Gasteiger partial charge in [0.25, 0.3) is 0 Å². The predicted octanol–water partition coefficient (Wildman–Crippen LogP) is 3.16. The first kappa shape index (κ1) is 14.4. The Kier molecular flexibility index (Phi) is 4.92. The molecule has 2 unspecified atom stereocenters. The first-order valence-electron chi connectivity index (χ1n) is 5.67. The van der Waals surface area contributed by atoms with Gasteiger partial charge in [-0.25, -0.2) is 4.39 Å². The van der Waals surface area contributed by atoms with Crippen LogP contribution in [0.3, 0.4) is 0 Å². The Balaban J connectivity index is 2.84. The Morgan fingerprint density at radius 1 is 1.53 bits per heavy atom. The lowest BCUT2D eigenvalue weighted by Gasteiger charge is -2.33. The molecule has 0 saturated carbocycles. The van der Waals surface area contributed by atoms with Gasteiger partial charge in [0.2, 0.25) is 0 Å². The summed E-state index contributed by atoms with van der Waals surface area (Å²) in [5.41, 5.74) is 6.22. The van der Waals surface area contributed by atoms with Crippen LogP contribution in [0.15, 0.2) is 18.2 Å². The van der Waals surface area contributed by atoms with Gasteiger partial charge >= 0.3 is 0 Å². The Hall–Kier alpha value is -0.640. The number of hydrogen-bond acceptors (Lipinski definition) is 2. The largest absolute Gasteiger partial charge is 0.377 e. The number of nitrogens with two attached hydrogens (primary N) is 1. The first-order valence-corrected chi connectivity index (χ1v) is 6.05. The Morgan fingerprint density at radius 2 is 2.18 bits per heavy atom. The molecule has 0 aliphatic heterocycles. The molecule has 96 valence electrons. The third-order valence-corrected chi connectivity index (χ3v) is 3.64. The van der Waals surface area contributed by atoms with Crippen LogP contribution in [0.1, 0.15) is 25.8 Å². The minimum atomic E-state index is -0.438. The SMILES string of the molecule is CCC(C)(OC)C(N)Cc1ccc(Cl)cc1F. The zero-order chi connectivity index (χ0) is 13.1. The summed E-state index contributed by atoms with van der Waals surface area (Å²) in [6.07, 6.45) is 1.21. The Bertz CT molecular complexity index is 380. The first-order chi connectivity index (χ1) is 7.92. The van der Waals surface area contributed by atoms with Crippen molar-refractivity contribution in [3.8, 4) is 0 Å². The van der Waals surface area contributed by atoms with Gasteiger partial charge in [-0.1, -0.05) is 24.6 Å². The zero-order valence-corrected chi connectivity index (χ0v) is 11.2. The van der Waals surface area contributed by atoms with Crippen LogP contribution in [0.4, 0.5) is 4.39 Å². The van der Waals surface area contributed by atoms with Gasteiger partial charge in [0.05, 0.1) is 5.60 Å². The quantitative estimate of drug-likeness (QED) is 0.882. The lowest BCUT2D eigenvalue weighted by atomic mass is 9.89. The average molecular weight is 260 g/mol. The maximum absolute atomic E-state index is 13.6.